The summed E-state index contributed by atoms with van der Waals surface area (Å²) in [5, 5.41) is 8.31. The van der Waals surface area contributed by atoms with Gasteiger partial charge in [0.05, 0.1) is 0 Å². The normalized spacial score (nSPS) is 10.1. The van der Waals surface area contributed by atoms with Crippen LogP contribution in [0, 0.1) is 0 Å². The molecule has 0 aliphatic carbocycles. The summed E-state index contributed by atoms with van der Waals surface area (Å²) in [7, 11) is 8.04. The van der Waals surface area contributed by atoms with E-state index in [0.717, 1.165) is 22.5 Å². The van der Waals surface area contributed by atoms with Crippen molar-refractivity contribution >= 4 is 17.5 Å². The summed E-state index contributed by atoms with van der Waals surface area (Å²) < 4.78 is 5.81. The van der Waals surface area contributed by atoms with Crippen LogP contribution in [0.1, 0.15) is 5.56 Å². The monoisotopic (exact) mass is 412 g/mol. The minimum absolute atomic E-state index is 0.530. The van der Waals surface area contributed by atoms with E-state index in [0.29, 0.717) is 11.8 Å². The van der Waals surface area contributed by atoms with Gasteiger partial charge in [0, 0.05) is 50.7 Å². The fourth-order valence-electron chi connectivity index (χ4n) is 2.85. The Labute approximate surface area is 184 Å². The highest BCUT2D eigenvalue weighted by molar-refractivity contribution is 5.62. The van der Waals surface area contributed by atoms with Crippen LogP contribution in [0.25, 0.3) is 29.0 Å². The van der Waals surface area contributed by atoms with Gasteiger partial charge in [-0.1, -0.05) is 43.0 Å². The van der Waals surface area contributed by atoms with Crippen molar-refractivity contribution in [2.24, 2.45) is 0 Å². The highest BCUT2D eigenvalue weighted by Gasteiger charge is 2.11. The largest absolute Gasteiger partial charge is 0.416 e. The Bertz CT molecular complexity index is 1020. The van der Waals surface area contributed by atoms with Crippen molar-refractivity contribution in [1.29, 1.82) is 0 Å². The molecule has 0 amide bonds. The van der Waals surface area contributed by atoms with Gasteiger partial charge in [-0.15, -0.1) is 10.2 Å². The second-order valence-electron chi connectivity index (χ2n) is 7.41. The van der Waals surface area contributed by atoms with E-state index in [9.17, 15) is 0 Å². The highest BCUT2D eigenvalue weighted by atomic mass is 16.4. The molecule has 3 aromatic carbocycles. The van der Waals surface area contributed by atoms with Gasteiger partial charge in [-0.05, 0) is 54.1 Å². The molecule has 0 atom stereocenters. The van der Waals surface area contributed by atoms with E-state index in [4.69, 9.17) is 4.42 Å². The van der Waals surface area contributed by atoms with Gasteiger partial charge in [-0.25, -0.2) is 0 Å². The summed E-state index contributed by atoms with van der Waals surface area (Å²) in [5.41, 5.74) is 5.27. The molecule has 1 heterocycles. The van der Waals surface area contributed by atoms with E-state index in [1.54, 1.807) is 0 Å². The first-order valence-corrected chi connectivity index (χ1v) is 10.0. The molecule has 0 saturated carbocycles. The standard InChI is InChI=1S/C18H20N4O.C8H8/c1-21(2)15-9-5-13(6-10-15)17-19-20-18(23-17)14-7-11-16(12-8-14)22(3)4;1-2-8-6-4-3-5-7-8/h5-12H,1-4H3;2-7H,1H2. The second kappa shape index (κ2) is 10.3. The predicted molar refractivity (Wildman–Crippen MR) is 130 cm³/mol. The zero-order valence-corrected chi connectivity index (χ0v) is 18.5. The van der Waals surface area contributed by atoms with Crippen LogP contribution in [0.15, 0.2) is 89.9 Å². The molecule has 5 heteroatoms. The highest BCUT2D eigenvalue weighted by Crippen LogP contribution is 2.26. The Morgan fingerprint density at radius 3 is 1.39 bits per heavy atom. The Kier molecular flexibility index (Phi) is 7.22. The third kappa shape index (κ3) is 5.82. The van der Waals surface area contributed by atoms with E-state index < -0.39 is 0 Å². The average Bonchev–Trinajstić information content (AvgIpc) is 3.30. The van der Waals surface area contributed by atoms with Crippen molar-refractivity contribution in [3.05, 3.63) is 91.0 Å². The molecule has 4 rings (SSSR count). The quantitative estimate of drug-likeness (QED) is 0.410. The lowest BCUT2D eigenvalue weighted by Gasteiger charge is -2.12. The SMILES string of the molecule is C=Cc1ccccc1.CN(C)c1ccc(-c2nnc(-c3ccc(N(C)C)cc3)o2)cc1. The van der Waals surface area contributed by atoms with Crippen LogP contribution in [0.5, 0.6) is 0 Å². The van der Waals surface area contributed by atoms with Gasteiger partial charge in [0.1, 0.15) is 0 Å². The molecule has 0 spiro atoms. The molecule has 0 unspecified atom stereocenters. The predicted octanol–water partition coefficient (Wildman–Crippen LogP) is 5.87. The maximum absolute atomic E-state index is 5.81. The number of benzene rings is 3. The summed E-state index contributed by atoms with van der Waals surface area (Å²) in [6, 6.07) is 26.1. The number of hydrogen-bond donors (Lipinski definition) is 0. The summed E-state index contributed by atoms with van der Waals surface area (Å²) in [6.45, 7) is 3.63. The molecule has 0 bridgehead atoms. The third-order valence-electron chi connectivity index (χ3n) is 4.72. The minimum atomic E-state index is 0.530. The maximum Gasteiger partial charge on any atom is 0.248 e. The van der Waals surface area contributed by atoms with E-state index in [2.05, 4.69) is 26.6 Å². The Hall–Kier alpha value is -3.86. The van der Waals surface area contributed by atoms with Gasteiger partial charge in [-0.2, -0.15) is 0 Å². The van der Waals surface area contributed by atoms with E-state index in [1.807, 2.05) is 113 Å². The molecule has 31 heavy (non-hydrogen) atoms. The second-order valence-corrected chi connectivity index (χ2v) is 7.41. The number of rotatable bonds is 5. The topological polar surface area (TPSA) is 45.4 Å². The number of aromatic nitrogens is 2. The lowest BCUT2D eigenvalue weighted by Crippen LogP contribution is -2.07. The smallest absolute Gasteiger partial charge is 0.248 e. The zero-order chi connectivity index (χ0) is 22.2. The fraction of sp³-hybridized carbons (Fsp3) is 0.154. The molecule has 0 fully saturated rings. The lowest BCUT2D eigenvalue weighted by molar-refractivity contribution is 0.584. The molecule has 4 aromatic rings. The van der Waals surface area contributed by atoms with Gasteiger partial charge in [-0.3, -0.25) is 0 Å². The van der Waals surface area contributed by atoms with Gasteiger partial charge in [0.15, 0.2) is 0 Å². The zero-order valence-electron chi connectivity index (χ0n) is 18.5. The Balaban J connectivity index is 0.000000287. The number of nitrogens with zero attached hydrogens (tertiary/aromatic N) is 4. The first kappa shape index (κ1) is 21.8. The van der Waals surface area contributed by atoms with Crippen molar-refractivity contribution in [3.8, 4) is 22.9 Å². The molecular formula is C26H28N4O. The maximum atomic E-state index is 5.81. The third-order valence-corrected chi connectivity index (χ3v) is 4.72. The molecule has 1 aromatic heterocycles. The van der Waals surface area contributed by atoms with Crippen molar-refractivity contribution in [1.82, 2.24) is 10.2 Å². The summed E-state index contributed by atoms with van der Waals surface area (Å²) in [4.78, 5) is 4.10. The molecule has 0 N–H and O–H groups in total. The Morgan fingerprint density at radius 2 is 1.06 bits per heavy atom. The molecule has 5 nitrogen and oxygen atoms in total. The van der Waals surface area contributed by atoms with Crippen LogP contribution in [0.2, 0.25) is 0 Å². The Morgan fingerprint density at radius 1 is 0.645 bits per heavy atom. The van der Waals surface area contributed by atoms with E-state index in [-0.39, 0.29) is 0 Å². The lowest BCUT2D eigenvalue weighted by atomic mass is 10.2. The van der Waals surface area contributed by atoms with Gasteiger partial charge in [0.2, 0.25) is 11.8 Å². The molecule has 0 aliphatic heterocycles. The van der Waals surface area contributed by atoms with Gasteiger partial charge in [0.25, 0.3) is 0 Å². The van der Waals surface area contributed by atoms with Crippen LogP contribution < -0.4 is 9.80 Å². The first-order valence-electron chi connectivity index (χ1n) is 10.0. The molecule has 0 aliphatic rings. The fourth-order valence-corrected chi connectivity index (χ4v) is 2.85. The molecule has 0 radical (unpaired) electrons. The van der Waals surface area contributed by atoms with Crippen molar-refractivity contribution in [2.75, 3.05) is 38.0 Å². The van der Waals surface area contributed by atoms with E-state index in [1.165, 1.54) is 5.56 Å². The minimum Gasteiger partial charge on any atom is -0.416 e. The average molecular weight is 413 g/mol. The number of hydrogen-bond acceptors (Lipinski definition) is 5. The summed E-state index contributed by atoms with van der Waals surface area (Å²) >= 11 is 0. The molecule has 158 valence electrons. The van der Waals surface area contributed by atoms with Crippen molar-refractivity contribution in [3.63, 3.8) is 0 Å². The first-order chi connectivity index (χ1) is 15.0. The summed E-state index contributed by atoms with van der Waals surface area (Å²) in [6.07, 6.45) is 1.83. The van der Waals surface area contributed by atoms with Crippen LogP contribution in [0.3, 0.4) is 0 Å². The van der Waals surface area contributed by atoms with Crippen LogP contribution in [-0.4, -0.2) is 38.4 Å². The van der Waals surface area contributed by atoms with Crippen LogP contribution in [-0.2, 0) is 0 Å². The summed E-state index contributed by atoms with van der Waals surface area (Å²) in [5.74, 6) is 1.06. The van der Waals surface area contributed by atoms with Crippen LogP contribution in [0.4, 0.5) is 11.4 Å². The van der Waals surface area contributed by atoms with Gasteiger partial charge < -0.3 is 14.2 Å². The number of anilines is 2. The van der Waals surface area contributed by atoms with Crippen molar-refractivity contribution < 1.29 is 4.42 Å². The van der Waals surface area contributed by atoms with Crippen LogP contribution >= 0.6 is 0 Å². The van der Waals surface area contributed by atoms with Gasteiger partial charge >= 0.3 is 0 Å². The van der Waals surface area contributed by atoms with E-state index >= 15 is 0 Å². The molecule has 0 saturated heterocycles. The van der Waals surface area contributed by atoms with Crippen molar-refractivity contribution in [2.45, 2.75) is 0 Å². The molecular weight excluding hydrogens is 384 g/mol.